The summed E-state index contributed by atoms with van der Waals surface area (Å²) in [6.07, 6.45) is 0.421. The number of Topliss-reactive ketones (excluding diaryl/α,β-unsaturated/α-hetero) is 1. The molecule has 1 aromatic carbocycles. The summed E-state index contributed by atoms with van der Waals surface area (Å²) in [6, 6.07) is 6.07. The van der Waals surface area contributed by atoms with Crippen molar-refractivity contribution in [3.05, 3.63) is 57.4 Å². The zero-order chi connectivity index (χ0) is 14.9. The molecular formula is C17H20N2O. The van der Waals surface area contributed by atoms with Crippen molar-refractivity contribution in [1.82, 2.24) is 10.2 Å². The molecule has 0 atom stereocenters. The lowest BCUT2D eigenvalue weighted by atomic mass is 9.93. The first kappa shape index (κ1) is 14.4. The minimum atomic E-state index is 0.107. The van der Waals surface area contributed by atoms with Crippen LogP contribution in [0.4, 0.5) is 0 Å². The second-order valence-electron chi connectivity index (χ2n) is 5.46. The molecule has 0 spiro atoms. The number of benzene rings is 1. The molecule has 0 aliphatic carbocycles. The molecule has 0 saturated carbocycles. The van der Waals surface area contributed by atoms with E-state index in [1.165, 1.54) is 16.7 Å². The zero-order valence-electron chi connectivity index (χ0n) is 12.7. The number of aromatic nitrogens is 2. The van der Waals surface area contributed by atoms with Gasteiger partial charge in [0, 0.05) is 12.0 Å². The molecule has 0 fully saturated rings. The van der Waals surface area contributed by atoms with Crippen LogP contribution >= 0.6 is 0 Å². The van der Waals surface area contributed by atoms with Crippen molar-refractivity contribution >= 4 is 5.78 Å². The molecule has 3 heteroatoms. The molecule has 0 amide bonds. The number of carbonyl (C=O) groups excluding carboxylic acids is 1. The highest BCUT2D eigenvalue weighted by Crippen LogP contribution is 2.19. The van der Waals surface area contributed by atoms with Gasteiger partial charge in [-0.3, -0.25) is 4.79 Å². The standard InChI is InChI=1S/C17H20N2O/c1-10-6-11(2)15(12(3)7-10)9-17(20)16-8-13(4)18-19-14(16)5/h6-8H,9H2,1-5H3. The third-order valence-corrected chi connectivity index (χ3v) is 3.58. The van der Waals surface area contributed by atoms with E-state index in [0.29, 0.717) is 17.7 Å². The fraction of sp³-hybridized carbons (Fsp3) is 0.353. The molecule has 1 heterocycles. The van der Waals surface area contributed by atoms with Gasteiger partial charge in [0.2, 0.25) is 0 Å². The zero-order valence-corrected chi connectivity index (χ0v) is 12.7. The maximum atomic E-state index is 12.5. The van der Waals surface area contributed by atoms with Gasteiger partial charge in [-0.2, -0.15) is 10.2 Å². The molecule has 0 unspecified atom stereocenters. The van der Waals surface area contributed by atoms with Crippen molar-refractivity contribution in [3.8, 4) is 0 Å². The van der Waals surface area contributed by atoms with Crippen molar-refractivity contribution in [1.29, 1.82) is 0 Å². The van der Waals surface area contributed by atoms with Crippen LogP contribution in [0, 0.1) is 34.6 Å². The van der Waals surface area contributed by atoms with Crippen molar-refractivity contribution in [2.45, 2.75) is 41.0 Å². The molecule has 0 saturated heterocycles. The van der Waals surface area contributed by atoms with Gasteiger partial charge in [-0.25, -0.2) is 0 Å². The number of nitrogens with zero attached hydrogens (tertiary/aromatic N) is 2. The summed E-state index contributed by atoms with van der Waals surface area (Å²) in [6.45, 7) is 9.88. The molecule has 1 aromatic heterocycles. The number of carbonyl (C=O) groups is 1. The van der Waals surface area contributed by atoms with E-state index in [2.05, 4.69) is 43.1 Å². The Balaban J connectivity index is 2.35. The molecule has 2 rings (SSSR count). The second-order valence-corrected chi connectivity index (χ2v) is 5.46. The quantitative estimate of drug-likeness (QED) is 0.801. The van der Waals surface area contributed by atoms with Crippen LogP contribution in [0.3, 0.4) is 0 Å². The fourth-order valence-corrected chi connectivity index (χ4v) is 2.58. The van der Waals surface area contributed by atoms with E-state index in [-0.39, 0.29) is 5.78 Å². The van der Waals surface area contributed by atoms with Gasteiger partial charge in [0.15, 0.2) is 5.78 Å². The van der Waals surface area contributed by atoms with Crippen molar-refractivity contribution in [3.63, 3.8) is 0 Å². The average Bonchev–Trinajstić information content (AvgIpc) is 2.36. The van der Waals surface area contributed by atoms with Crippen LogP contribution in [0.2, 0.25) is 0 Å². The van der Waals surface area contributed by atoms with Gasteiger partial charge in [-0.15, -0.1) is 0 Å². The van der Waals surface area contributed by atoms with Crippen molar-refractivity contribution in [2.75, 3.05) is 0 Å². The molecule has 104 valence electrons. The molecule has 0 radical (unpaired) electrons. The second kappa shape index (κ2) is 5.53. The van der Waals surface area contributed by atoms with Crippen LogP contribution in [0.15, 0.2) is 18.2 Å². The van der Waals surface area contributed by atoms with E-state index in [0.717, 1.165) is 11.3 Å². The summed E-state index contributed by atoms with van der Waals surface area (Å²) in [7, 11) is 0. The van der Waals surface area contributed by atoms with Gasteiger partial charge in [-0.05, 0) is 57.4 Å². The monoisotopic (exact) mass is 268 g/mol. The molecule has 0 aliphatic rings. The first-order chi connectivity index (χ1) is 9.38. The summed E-state index contributed by atoms with van der Waals surface area (Å²) in [4.78, 5) is 12.5. The molecule has 0 bridgehead atoms. The minimum Gasteiger partial charge on any atom is -0.294 e. The SMILES string of the molecule is Cc1cc(C)c(CC(=O)c2cc(C)nnc2C)c(C)c1. The third kappa shape index (κ3) is 2.93. The maximum Gasteiger partial charge on any atom is 0.169 e. The summed E-state index contributed by atoms with van der Waals surface area (Å²) in [5.74, 6) is 0.107. The Morgan fingerprint density at radius 3 is 2.15 bits per heavy atom. The van der Waals surface area contributed by atoms with E-state index in [9.17, 15) is 4.79 Å². The molecule has 3 nitrogen and oxygen atoms in total. The molecule has 20 heavy (non-hydrogen) atoms. The Morgan fingerprint density at radius 1 is 0.950 bits per heavy atom. The highest BCUT2D eigenvalue weighted by molar-refractivity contribution is 5.98. The minimum absolute atomic E-state index is 0.107. The van der Waals surface area contributed by atoms with Crippen LogP contribution in [-0.4, -0.2) is 16.0 Å². The lowest BCUT2D eigenvalue weighted by molar-refractivity contribution is 0.0991. The predicted octanol–water partition coefficient (Wildman–Crippen LogP) is 3.44. The molecule has 0 N–H and O–H groups in total. The highest BCUT2D eigenvalue weighted by atomic mass is 16.1. The number of hydrogen-bond acceptors (Lipinski definition) is 3. The summed E-state index contributed by atoms with van der Waals surface area (Å²) >= 11 is 0. The first-order valence-electron chi connectivity index (χ1n) is 6.79. The summed E-state index contributed by atoms with van der Waals surface area (Å²) in [5.41, 5.74) is 6.85. The van der Waals surface area contributed by atoms with Gasteiger partial charge in [-0.1, -0.05) is 17.7 Å². The largest absolute Gasteiger partial charge is 0.294 e. The smallest absolute Gasteiger partial charge is 0.169 e. The van der Waals surface area contributed by atoms with Gasteiger partial charge in [0.1, 0.15) is 0 Å². The van der Waals surface area contributed by atoms with Gasteiger partial charge >= 0.3 is 0 Å². The Bertz CT molecular complexity index is 652. The van der Waals surface area contributed by atoms with Crippen LogP contribution in [0.1, 0.15) is 44.0 Å². The van der Waals surface area contributed by atoms with E-state index in [4.69, 9.17) is 0 Å². The van der Waals surface area contributed by atoms with Crippen LogP contribution in [0.25, 0.3) is 0 Å². The lowest BCUT2D eigenvalue weighted by Gasteiger charge is -2.11. The van der Waals surface area contributed by atoms with E-state index >= 15 is 0 Å². The third-order valence-electron chi connectivity index (χ3n) is 3.58. The van der Waals surface area contributed by atoms with Crippen LogP contribution < -0.4 is 0 Å². The van der Waals surface area contributed by atoms with Crippen LogP contribution in [-0.2, 0) is 6.42 Å². The Kier molecular flexibility index (Phi) is 3.98. The predicted molar refractivity (Wildman–Crippen MR) is 80.2 cm³/mol. The maximum absolute atomic E-state index is 12.5. The van der Waals surface area contributed by atoms with Crippen molar-refractivity contribution in [2.24, 2.45) is 0 Å². The van der Waals surface area contributed by atoms with E-state index in [1.54, 1.807) is 0 Å². The fourth-order valence-electron chi connectivity index (χ4n) is 2.58. The molecular weight excluding hydrogens is 248 g/mol. The Labute approximate surface area is 120 Å². The number of rotatable bonds is 3. The molecule has 0 aliphatic heterocycles. The summed E-state index contributed by atoms with van der Waals surface area (Å²) in [5, 5.41) is 8.00. The number of ketones is 1. The highest BCUT2D eigenvalue weighted by Gasteiger charge is 2.14. The molecule has 2 aromatic rings. The number of hydrogen-bond donors (Lipinski definition) is 0. The topological polar surface area (TPSA) is 42.9 Å². The normalized spacial score (nSPS) is 10.7. The lowest BCUT2D eigenvalue weighted by Crippen LogP contribution is -2.10. The average molecular weight is 268 g/mol. The summed E-state index contributed by atoms with van der Waals surface area (Å²) < 4.78 is 0. The van der Waals surface area contributed by atoms with Crippen LogP contribution in [0.5, 0.6) is 0 Å². The Hall–Kier alpha value is -2.03. The van der Waals surface area contributed by atoms with Gasteiger partial charge < -0.3 is 0 Å². The Morgan fingerprint density at radius 2 is 1.55 bits per heavy atom. The number of aryl methyl sites for hydroxylation is 5. The van der Waals surface area contributed by atoms with Gasteiger partial charge in [0.05, 0.1) is 11.4 Å². The van der Waals surface area contributed by atoms with Gasteiger partial charge in [0.25, 0.3) is 0 Å². The van der Waals surface area contributed by atoms with Crippen molar-refractivity contribution < 1.29 is 4.79 Å². The van der Waals surface area contributed by atoms with E-state index < -0.39 is 0 Å². The first-order valence-corrected chi connectivity index (χ1v) is 6.79. The van der Waals surface area contributed by atoms with E-state index in [1.807, 2.05) is 19.9 Å².